The molecule has 4 aliphatic rings. The van der Waals surface area contributed by atoms with Crippen LogP contribution >= 0.6 is 0 Å². The Balaban J connectivity index is 0.000000707. The smallest absolute Gasteiger partial charge is 0.119 e. The van der Waals surface area contributed by atoms with E-state index < -0.39 is 0 Å². The van der Waals surface area contributed by atoms with Crippen molar-refractivity contribution < 1.29 is 9.90 Å². The minimum Gasteiger partial charge on any atom is -0.393 e. The minimum atomic E-state index is -0.0987. The number of fused-ring (bicyclic) bond motifs is 5. The van der Waals surface area contributed by atoms with Gasteiger partial charge < -0.3 is 9.90 Å². The second-order valence-electron chi connectivity index (χ2n) is 10.1. The predicted octanol–water partition coefficient (Wildman–Crippen LogP) is 7.35. The summed E-state index contributed by atoms with van der Waals surface area (Å²) in [6.45, 7) is 13.1. The topological polar surface area (TPSA) is 37.3 Å². The van der Waals surface area contributed by atoms with E-state index in [1.165, 1.54) is 44.9 Å². The Hall–Kier alpha value is -0.630. The molecule has 2 heteroatoms. The minimum absolute atomic E-state index is 0.0987. The molecular weight excluding hydrogens is 356 g/mol. The van der Waals surface area contributed by atoms with E-state index in [1.807, 2.05) is 27.7 Å². The van der Waals surface area contributed by atoms with Crippen molar-refractivity contribution in [1.82, 2.24) is 0 Å². The number of hydrogen-bond acceptors (Lipinski definition) is 2. The largest absolute Gasteiger partial charge is 0.393 e. The van der Waals surface area contributed by atoms with Crippen molar-refractivity contribution in [3.05, 3.63) is 11.6 Å². The van der Waals surface area contributed by atoms with Gasteiger partial charge in [0.2, 0.25) is 0 Å². The Morgan fingerprint density at radius 1 is 1.03 bits per heavy atom. The molecule has 168 valence electrons. The Labute approximate surface area is 180 Å². The Morgan fingerprint density at radius 2 is 1.76 bits per heavy atom. The fourth-order valence-corrected chi connectivity index (χ4v) is 7.67. The van der Waals surface area contributed by atoms with Gasteiger partial charge in [-0.25, -0.2) is 0 Å². The zero-order valence-corrected chi connectivity index (χ0v) is 20.2. The van der Waals surface area contributed by atoms with E-state index >= 15 is 0 Å². The van der Waals surface area contributed by atoms with Crippen LogP contribution < -0.4 is 0 Å². The Bertz CT molecular complexity index is 553. The zero-order chi connectivity index (χ0) is 21.7. The van der Waals surface area contributed by atoms with Gasteiger partial charge in [-0.2, -0.15) is 0 Å². The van der Waals surface area contributed by atoms with Gasteiger partial charge >= 0.3 is 0 Å². The number of allylic oxidation sites excluding steroid dienone is 1. The van der Waals surface area contributed by atoms with Gasteiger partial charge in [0.1, 0.15) is 6.29 Å². The van der Waals surface area contributed by atoms with Gasteiger partial charge in [-0.1, -0.05) is 53.2 Å². The average Bonchev–Trinajstić information content (AvgIpc) is 3.08. The SMILES string of the molecule is CC.CC.CC12CCC(O)CC1=CCC1C2CCC2(C)C(CCCC=O)CCC12. The van der Waals surface area contributed by atoms with Crippen LogP contribution in [-0.4, -0.2) is 17.5 Å². The summed E-state index contributed by atoms with van der Waals surface area (Å²) < 4.78 is 0. The molecule has 0 radical (unpaired) electrons. The monoisotopic (exact) mass is 404 g/mol. The maximum absolute atomic E-state index is 10.7. The summed E-state index contributed by atoms with van der Waals surface area (Å²) in [6, 6.07) is 0. The highest BCUT2D eigenvalue weighted by Gasteiger charge is 2.58. The number of unbranched alkanes of at least 4 members (excludes halogenated alkanes) is 1. The van der Waals surface area contributed by atoms with Crippen molar-refractivity contribution in [2.75, 3.05) is 0 Å². The summed E-state index contributed by atoms with van der Waals surface area (Å²) in [4.78, 5) is 10.7. The zero-order valence-electron chi connectivity index (χ0n) is 20.2. The summed E-state index contributed by atoms with van der Waals surface area (Å²) in [6.07, 6.45) is 16.5. The molecule has 0 aliphatic heterocycles. The van der Waals surface area contributed by atoms with Gasteiger partial charge in [0.25, 0.3) is 0 Å². The van der Waals surface area contributed by atoms with Crippen LogP contribution in [0, 0.1) is 34.5 Å². The van der Waals surface area contributed by atoms with Gasteiger partial charge in [-0.15, -0.1) is 0 Å². The van der Waals surface area contributed by atoms with Crippen molar-refractivity contribution in [2.24, 2.45) is 34.5 Å². The molecule has 2 nitrogen and oxygen atoms in total. The first-order valence-corrected chi connectivity index (χ1v) is 12.8. The van der Waals surface area contributed by atoms with Crippen LogP contribution in [0.5, 0.6) is 0 Å². The van der Waals surface area contributed by atoms with Gasteiger partial charge in [0.15, 0.2) is 0 Å². The molecule has 4 rings (SSSR count). The van der Waals surface area contributed by atoms with Gasteiger partial charge in [0.05, 0.1) is 6.10 Å². The molecule has 0 amide bonds. The molecule has 29 heavy (non-hydrogen) atoms. The standard InChI is InChI=1S/C23H36O2.2C2H6/c1-22-13-11-21-19(20(22)9-7-16(22)5-3-4-14-24)8-6-17-15-18(25)10-12-23(17,21)2;2*1-2/h6,14,16,18-21,25H,3-5,7-13,15H2,1-2H3;2*1-2H3. The van der Waals surface area contributed by atoms with Crippen molar-refractivity contribution in [2.45, 2.75) is 118 Å². The first-order valence-electron chi connectivity index (χ1n) is 12.8. The molecular formula is C27H48O2. The van der Waals surface area contributed by atoms with E-state index in [0.29, 0.717) is 10.8 Å². The second-order valence-corrected chi connectivity index (χ2v) is 10.1. The Kier molecular flexibility index (Phi) is 9.01. The van der Waals surface area contributed by atoms with Crippen molar-refractivity contribution in [1.29, 1.82) is 0 Å². The van der Waals surface area contributed by atoms with E-state index in [2.05, 4.69) is 19.9 Å². The molecule has 0 aromatic heterocycles. The molecule has 7 atom stereocenters. The summed E-state index contributed by atoms with van der Waals surface area (Å²) in [5.41, 5.74) is 2.45. The van der Waals surface area contributed by atoms with E-state index in [1.54, 1.807) is 5.57 Å². The average molecular weight is 405 g/mol. The number of hydrogen-bond donors (Lipinski definition) is 1. The van der Waals surface area contributed by atoms with E-state index in [0.717, 1.165) is 55.6 Å². The lowest BCUT2D eigenvalue weighted by molar-refractivity contribution is -0.108. The normalized spacial score (nSPS) is 42.6. The van der Waals surface area contributed by atoms with E-state index in [9.17, 15) is 9.90 Å². The molecule has 0 spiro atoms. The molecule has 1 N–H and O–H groups in total. The van der Waals surface area contributed by atoms with Crippen molar-refractivity contribution >= 4 is 6.29 Å². The number of aldehydes is 1. The highest BCUT2D eigenvalue weighted by atomic mass is 16.3. The number of aliphatic hydroxyl groups is 1. The first-order chi connectivity index (χ1) is 14.0. The van der Waals surface area contributed by atoms with Crippen LogP contribution in [0.4, 0.5) is 0 Å². The lowest BCUT2D eigenvalue weighted by Gasteiger charge is -2.58. The molecule has 0 saturated heterocycles. The maximum atomic E-state index is 10.7. The molecule has 0 heterocycles. The van der Waals surface area contributed by atoms with Crippen molar-refractivity contribution in [3.63, 3.8) is 0 Å². The molecule has 0 aromatic rings. The molecule has 3 saturated carbocycles. The van der Waals surface area contributed by atoms with Gasteiger partial charge in [0, 0.05) is 6.42 Å². The number of rotatable bonds is 4. The second kappa shape index (κ2) is 10.6. The highest BCUT2D eigenvalue weighted by molar-refractivity contribution is 5.48. The van der Waals surface area contributed by atoms with Crippen LogP contribution in [0.2, 0.25) is 0 Å². The van der Waals surface area contributed by atoms with E-state index in [-0.39, 0.29) is 6.10 Å². The quantitative estimate of drug-likeness (QED) is 0.302. The van der Waals surface area contributed by atoms with Gasteiger partial charge in [-0.05, 0) is 98.7 Å². The maximum Gasteiger partial charge on any atom is 0.119 e. The number of carbonyl (C=O) groups excluding carboxylic acids is 1. The molecule has 7 unspecified atom stereocenters. The third-order valence-corrected chi connectivity index (χ3v) is 9.15. The fraction of sp³-hybridized carbons (Fsp3) is 0.889. The fourth-order valence-electron chi connectivity index (χ4n) is 7.67. The summed E-state index contributed by atoms with van der Waals surface area (Å²) in [7, 11) is 0. The van der Waals surface area contributed by atoms with Gasteiger partial charge in [-0.3, -0.25) is 0 Å². The first kappa shape index (κ1) is 24.6. The lowest BCUT2D eigenvalue weighted by Crippen LogP contribution is -2.50. The van der Waals surface area contributed by atoms with Crippen LogP contribution in [-0.2, 0) is 4.79 Å². The lowest BCUT2D eigenvalue weighted by atomic mass is 9.47. The molecule has 0 bridgehead atoms. The third-order valence-electron chi connectivity index (χ3n) is 9.15. The highest BCUT2D eigenvalue weighted by Crippen LogP contribution is 2.66. The van der Waals surface area contributed by atoms with Crippen LogP contribution in [0.1, 0.15) is 112 Å². The molecule has 0 aromatic carbocycles. The number of aliphatic hydroxyl groups excluding tert-OH is 1. The number of carbonyl (C=O) groups is 1. The van der Waals surface area contributed by atoms with E-state index in [4.69, 9.17) is 0 Å². The third kappa shape index (κ3) is 4.53. The summed E-state index contributed by atoms with van der Waals surface area (Å²) >= 11 is 0. The van der Waals surface area contributed by atoms with Crippen LogP contribution in [0.3, 0.4) is 0 Å². The van der Waals surface area contributed by atoms with Crippen LogP contribution in [0.25, 0.3) is 0 Å². The summed E-state index contributed by atoms with van der Waals surface area (Å²) in [5, 5.41) is 10.1. The summed E-state index contributed by atoms with van der Waals surface area (Å²) in [5.74, 6) is 3.42. The Morgan fingerprint density at radius 3 is 2.45 bits per heavy atom. The molecule has 4 aliphatic carbocycles. The predicted molar refractivity (Wildman–Crippen MR) is 124 cm³/mol. The van der Waals surface area contributed by atoms with Crippen LogP contribution in [0.15, 0.2) is 11.6 Å². The van der Waals surface area contributed by atoms with Crippen molar-refractivity contribution in [3.8, 4) is 0 Å². The molecule has 3 fully saturated rings.